The Labute approximate surface area is 184 Å². The average molecular weight is 422 g/mol. The quantitative estimate of drug-likeness (QED) is 0.745. The number of fused-ring (bicyclic) bond motifs is 5. The number of aromatic nitrogens is 3. The lowest BCUT2D eigenvalue weighted by Crippen LogP contribution is -2.47. The maximum absolute atomic E-state index is 13.4. The van der Waals surface area contributed by atoms with Crippen LogP contribution in [0.25, 0.3) is 0 Å². The fourth-order valence-corrected chi connectivity index (χ4v) is 6.93. The van der Waals surface area contributed by atoms with E-state index in [4.69, 9.17) is 0 Å². The van der Waals surface area contributed by atoms with Crippen molar-refractivity contribution in [3.8, 4) is 0 Å². The number of hydrogen-bond acceptors (Lipinski definition) is 4. The minimum atomic E-state index is 0.277. The number of hydrogen-bond donors (Lipinski definition) is 0. The molecule has 5 heterocycles. The average Bonchev–Trinajstić information content (AvgIpc) is 3.47. The molecule has 4 aliphatic rings. The van der Waals surface area contributed by atoms with Gasteiger partial charge in [0.2, 0.25) is 0 Å². The zero-order valence-corrected chi connectivity index (χ0v) is 18.7. The summed E-state index contributed by atoms with van der Waals surface area (Å²) in [6.07, 6.45) is 9.51. The first-order valence-electron chi connectivity index (χ1n) is 12.3. The second-order valence-corrected chi connectivity index (χ2v) is 10.5. The van der Waals surface area contributed by atoms with Crippen LogP contribution in [0.2, 0.25) is 0 Å². The lowest BCUT2D eigenvalue weighted by atomic mass is 9.83. The summed E-state index contributed by atoms with van der Waals surface area (Å²) >= 11 is 0. The molecule has 0 amide bonds. The molecule has 1 aliphatic carbocycles. The van der Waals surface area contributed by atoms with Crippen LogP contribution in [-0.2, 0) is 26.2 Å². The first-order valence-corrected chi connectivity index (χ1v) is 12.3. The third-order valence-electron chi connectivity index (χ3n) is 8.39. The Kier molecular flexibility index (Phi) is 5.03. The van der Waals surface area contributed by atoms with Gasteiger partial charge in [0.25, 0.3) is 5.56 Å². The van der Waals surface area contributed by atoms with Gasteiger partial charge in [-0.1, -0.05) is 12.5 Å². The topological polar surface area (TPSA) is 46.3 Å². The largest absolute Gasteiger partial charge is 0.337 e. The number of likely N-dealkylation sites (tertiary alicyclic amines) is 2. The van der Waals surface area contributed by atoms with E-state index in [2.05, 4.69) is 49.2 Å². The molecule has 4 atom stereocenters. The highest BCUT2D eigenvalue weighted by molar-refractivity contribution is 5.22. The number of rotatable bonds is 5. The molecular formula is C25H35N5O. The molecule has 2 aromatic heterocycles. The molecule has 3 fully saturated rings. The molecule has 31 heavy (non-hydrogen) atoms. The fourth-order valence-electron chi connectivity index (χ4n) is 6.93. The molecule has 0 aromatic carbocycles. The van der Waals surface area contributed by atoms with Crippen molar-refractivity contribution in [2.24, 2.45) is 17.8 Å². The molecule has 166 valence electrons. The fraction of sp³-hybridized carbons (Fsp3) is 0.680. The molecule has 0 spiro atoms. The summed E-state index contributed by atoms with van der Waals surface area (Å²) in [5, 5.41) is 0. The van der Waals surface area contributed by atoms with E-state index in [1.165, 1.54) is 44.5 Å². The molecular weight excluding hydrogens is 386 g/mol. The van der Waals surface area contributed by atoms with Gasteiger partial charge < -0.3 is 9.13 Å². The monoisotopic (exact) mass is 421 g/mol. The number of pyridine rings is 1. The van der Waals surface area contributed by atoms with Crippen molar-refractivity contribution in [1.82, 2.24) is 23.9 Å². The lowest BCUT2D eigenvalue weighted by Gasteiger charge is -2.42. The maximum Gasteiger partial charge on any atom is 0.255 e. The summed E-state index contributed by atoms with van der Waals surface area (Å²) in [5.74, 6) is 2.80. The summed E-state index contributed by atoms with van der Waals surface area (Å²) in [4.78, 5) is 23.1. The lowest BCUT2D eigenvalue weighted by molar-refractivity contribution is 0.113. The van der Waals surface area contributed by atoms with Crippen molar-refractivity contribution in [1.29, 1.82) is 0 Å². The summed E-state index contributed by atoms with van der Waals surface area (Å²) in [7, 11) is 0. The molecule has 1 saturated carbocycles. The van der Waals surface area contributed by atoms with Crippen molar-refractivity contribution in [3.63, 3.8) is 0 Å². The van der Waals surface area contributed by atoms with E-state index in [0.29, 0.717) is 11.8 Å². The molecule has 0 radical (unpaired) electrons. The molecule has 2 bridgehead atoms. The van der Waals surface area contributed by atoms with E-state index in [1.54, 1.807) is 0 Å². The van der Waals surface area contributed by atoms with Crippen LogP contribution in [0.3, 0.4) is 0 Å². The molecule has 0 unspecified atom stereocenters. The van der Waals surface area contributed by atoms with Crippen LogP contribution in [0.1, 0.15) is 55.5 Å². The van der Waals surface area contributed by atoms with Gasteiger partial charge in [-0.25, -0.2) is 4.98 Å². The van der Waals surface area contributed by atoms with Gasteiger partial charge in [0.15, 0.2) is 0 Å². The Hall–Kier alpha value is -1.92. The molecule has 6 heteroatoms. The van der Waals surface area contributed by atoms with Crippen molar-refractivity contribution in [2.75, 3.05) is 26.2 Å². The van der Waals surface area contributed by atoms with Gasteiger partial charge in [-0.3, -0.25) is 14.6 Å². The zero-order chi connectivity index (χ0) is 20.9. The van der Waals surface area contributed by atoms with Crippen LogP contribution in [0, 0.1) is 17.8 Å². The molecule has 3 aliphatic heterocycles. The zero-order valence-electron chi connectivity index (χ0n) is 18.7. The van der Waals surface area contributed by atoms with E-state index in [0.717, 1.165) is 62.4 Å². The second-order valence-electron chi connectivity index (χ2n) is 10.5. The highest BCUT2D eigenvalue weighted by Gasteiger charge is 2.37. The van der Waals surface area contributed by atoms with Gasteiger partial charge in [0.05, 0.1) is 12.0 Å². The third kappa shape index (κ3) is 3.68. The van der Waals surface area contributed by atoms with E-state index < -0.39 is 0 Å². The van der Waals surface area contributed by atoms with Crippen LogP contribution in [0.5, 0.6) is 0 Å². The van der Waals surface area contributed by atoms with Crippen LogP contribution >= 0.6 is 0 Å². The summed E-state index contributed by atoms with van der Waals surface area (Å²) in [6.45, 7) is 10.2. The summed E-state index contributed by atoms with van der Waals surface area (Å²) < 4.78 is 4.28. The predicted molar refractivity (Wildman–Crippen MR) is 121 cm³/mol. The first kappa shape index (κ1) is 19.7. The van der Waals surface area contributed by atoms with Crippen LogP contribution in [-0.4, -0.2) is 50.1 Å². The van der Waals surface area contributed by atoms with E-state index >= 15 is 0 Å². The van der Waals surface area contributed by atoms with E-state index in [9.17, 15) is 4.79 Å². The Morgan fingerprint density at radius 1 is 1.00 bits per heavy atom. The molecule has 6 rings (SSSR count). The van der Waals surface area contributed by atoms with Crippen LogP contribution < -0.4 is 5.56 Å². The first-order chi connectivity index (χ1) is 15.2. The molecule has 2 saturated heterocycles. The third-order valence-corrected chi connectivity index (χ3v) is 8.39. The Morgan fingerprint density at radius 3 is 2.58 bits per heavy atom. The van der Waals surface area contributed by atoms with Gasteiger partial charge in [0.1, 0.15) is 0 Å². The maximum atomic E-state index is 13.4. The summed E-state index contributed by atoms with van der Waals surface area (Å²) in [6, 6.07) is 4.41. The highest BCUT2D eigenvalue weighted by atomic mass is 16.1. The van der Waals surface area contributed by atoms with Crippen LogP contribution in [0.15, 0.2) is 29.5 Å². The van der Waals surface area contributed by atoms with E-state index in [-0.39, 0.29) is 5.56 Å². The predicted octanol–water partition coefficient (Wildman–Crippen LogP) is 2.92. The second kappa shape index (κ2) is 7.89. The number of nitrogens with zero attached hydrogens (tertiary/aromatic N) is 5. The van der Waals surface area contributed by atoms with Gasteiger partial charge in [0, 0.05) is 75.7 Å². The molecule has 6 nitrogen and oxygen atoms in total. The van der Waals surface area contributed by atoms with E-state index in [1.807, 2.05) is 6.33 Å². The minimum Gasteiger partial charge on any atom is -0.337 e. The Morgan fingerprint density at radius 2 is 1.81 bits per heavy atom. The number of piperidine rings is 1. The van der Waals surface area contributed by atoms with Gasteiger partial charge in [-0.2, -0.15) is 0 Å². The Balaban J connectivity index is 1.17. The number of imidazole rings is 1. The van der Waals surface area contributed by atoms with Crippen LogP contribution in [0.4, 0.5) is 0 Å². The highest BCUT2D eigenvalue weighted by Crippen LogP contribution is 2.38. The van der Waals surface area contributed by atoms with Crippen molar-refractivity contribution in [2.45, 2.75) is 64.7 Å². The normalized spacial score (nSPS) is 30.5. The Bertz CT molecular complexity index is 998. The standard InChI is InChI=1S/C25H35N5O/c1-2-27-15-23(26-17-27)16-28-9-18-8-22(14-28)24-7-6-21(25(31)30(24)10-18)13-29-11-19-4-3-5-20(19)12-29/h6-7,15,17-20,22H,2-5,8-14,16H2,1H3/t18-,19-,20+,22+/m0/s1. The van der Waals surface area contributed by atoms with Gasteiger partial charge in [-0.15, -0.1) is 0 Å². The SMILES string of the molecule is CCn1cnc(CN2C[C@@H]3C[C@H](C2)c2ccc(CN4C[C@H]5CCC[C@H]5C4)c(=O)n2C3)c1. The molecule has 0 N–H and O–H groups in total. The smallest absolute Gasteiger partial charge is 0.255 e. The number of aryl methyl sites for hydroxylation is 1. The van der Waals surface area contributed by atoms with Crippen molar-refractivity contribution in [3.05, 3.63) is 52.0 Å². The minimum absolute atomic E-state index is 0.277. The summed E-state index contributed by atoms with van der Waals surface area (Å²) in [5.41, 5.74) is 3.70. The van der Waals surface area contributed by atoms with Crippen molar-refractivity contribution >= 4 is 0 Å². The van der Waals surface area contributed by atoms with Gasteiger partial charge >= 0.3 is 0 Å². The van der Waals surface area contributed by atoms with Crippen molar-refractivity contribution < 1.29 is 0 Å². The van der Waals surface area contributed by atoms with Gasteiger partial charge in [-0.05, 0) is 50.0 Å². The molecule has 2 aromatic rings.